The van der Waals surface area contributed by atoms with Gasteiger partial charge in [0.1, 0.15) is 5.52 Å². The molecule has 1 aromatic carbocycles. The van der Waals surface area contributed by atoms with Crippen LogP contribution in [0.15, 0.2) is 30.5 Å². The first-order valence-electron chi connectivity index (χ1n) is 7.34. The predicted octanol–water partition coefficient (Wildman–Crippen LogP) is 2.72. The van der Waals surface area contributed by atoms with E-state index in [0.29, 0.717) is 24.4 Å². The van der Waals surface area contributed by atoms with Crippen molar-refractivity contribution in [3.8, 4) is 0 Å². The lowest BCUT2D eigenvalue weighted by molar-refractivity contribution is -0.169. The maximum atomic E-state index is 14.7. The Morgan fingerprint density at radius 2 is 1.86 bits per heavy atom. The van der Waals surface area contributed by atoms with Crippen LogP contribution in [-0.4, -0.2) is 37.1 Å². The molecule has 0 N–H and O–H groups in total. The van der Waals surface area contributed by atoms with E-state index in [1.807, 2.05) is 24.3 Å². The highest BCUT2D eigenvalue weighted by molar-refractivity contribution is 5.83. The Morgan fingerprint density at radius 3 is 2.62 bits per heavy atom. The minimum atomic E-state index is -0.428. The summed E-state index contributed by atoms with van der Waals surface area (Å²) < 4.78 is 26.1. The van der Waals surface area contributed by atoms with Gasteiger partial charge in [-0.1, -0.05) is 12.1 Å². The smallest absolute Gasteiger partial charge is 0.172 e. The molecule has 0 amide bonds. The molecular weight excluding hydrogens is 271 g/mol. The molecule has 5 heteroatoms. The number of fused-ring (bicyclic) bond motifs is 1. The number of rotatable bonds is 1. The van der Waals surface area contributed by atoms with Gasteiger partial charge in [-0.3, -0.25) is 4.98 Å². The first-order chi connectivity index (χ1) is 10.3. The molecular formula is C16H17FN2O2. The number of hydrogen-bond acceptors (Lipinski definition) is 4. The van der Waals surface area contributed by atoms with Crippen LogP contribution >= 0.6 is 0 Å². The van der Waals surface area contributed by atoms with E-state index < -0.39 is 5.79 Å². The molecule has 4 nitrogen and oxygen atoms in total. The van der Waals surface area contributed by atoms with Gasteiger partial charge in [0.15, 0.2) is 11.6 Å². The highest BCUT2D eigenvalue weighted by Gasteiger charge is 2.40. The van der Waals surface area contributed by atoms with Crippen molar-refractivity contribution in [1.82, 2.24) is 4.98 Å². The van der Waals surface area contributed by atoms with Crippen LogP contribution in [0.2, 0.25) is 0 Å². The van der Waals surface area contributed by atoms with Crippen molar-refractivity contribution >= 4 is 16.6 Å². The van der Waals surface area contributed by atoms with Gasteiger partial charge in [-0.25, -0.2) is 4.39 Å². The minimum Gasteiger partial charge on any atom is -0.369 e. The van der Waals surface area contributed by atoms with Gasteiger partial charge in [0, 0.05) is 37.5 Å². The molecule has 2 saturated heterocycles. The first-order valence-corrected chi connectivity index (χ1v) is 7.34. The van der Waals surface area contributed by atoms with E-state index >= 15 is 0 Å². The lowest BCUT2D eigenvalue weighted by Gasteiger charge is -2.38. The zero-order chi connectivity index (χ0) is 14.3. The van der Waals surface area contributed by atoms with Gasteiger partial charge < -0.3 is 14.4 Å². The minimum absolute atomic E-state index is 0.239. The highest BCUT2D eigenvalue weighted by Crippen LogP contribution is 2.35. The van der Waals surface area contributed by atoms with Gasteiger partial charge in [0.2, 0.25) is 0 Å². The van der Waals surface area contributed by atoms with E-state index in [9.17, 15) is 4.39 Å². The summed E-state index contributed by atoms with van der Waals surface area (Å²) in [7, 11) is 0. The van der Waals surface area contributed by atoms with E-state index in [0.717, 1.165) is 31.3 Å². The van der Waals surface area contributed by atoms with E-state index in [1.165, 1.54) is 0 Å². The van der Waals surface area contributed by atoms with Crippen LogP contribution in [0, 0.1) is 5.82 Å². The van der Waals surface area contributed by atoms with Crippen LogP contribution in [0.1, 0.15) is 12.8 Å². The van der Waals surface area contributed by atoms with Gasteiger partial charge in [0.05, 0.1) is 18.9 Å². The van der Waals surface area contributed by atoms with Gasteiger partial charge in [-0.15, -0.1) is 0 Å². The summed E-state index contributed by atoms with van der Waals surface area (Å²) in [5.74, 6) is -0.667. The maximum Gasteiger partial charge on any atom is 0.172 e. The van der Waals surface area contributed by atoms with Crippen molar-refractivity contribution in [2.75, 3.05) is 31.2 Å². The summed E-state index contributed by atoms with van der Waals surface area (Å²) in [6, 6.07) is 7.46. The Hall–Kier alpha value is -1.72. The monoisotopic (exact) mass is 288 g/mol. The van der Waals surface area contributed by atoms with Gasteiger partial charge >= 0.3 is 0 Å². The van der Waals surface area contributed by atoms with Crippen LogP contribution < -0.4 is 4.90 Å². The molecule has 4 rings (SSSR count). The third kappa shape index (κ3) is 2.17. The van der Waals surface area contributed by atoms with E-state index in [1.54, 1.807) is 6.20 Å². The van der Waals surface area contributed by atoms with Gasteiger partial charge in [-0.2, -0.15) is 0 Å². The average Bonchev–Trinajstić information content (AvgIpc) is 2.98. The molecule has 3 heterocycles. The third-order valence-electron chi connectivity index (χ3n) is 4.37. The van der Waals surface area contributed by atoms with Gasteiger partial charge in [-0.05, 0) is 12.1 Å². The predicted molar refractivity (Wildman–Crippen MR) is 77.8 cm³/mol. The first kappa shape index (κ1) is 13.0. The fourth-order valence-electron chi connectivity index (χ4n) is 3.22. The fourth-order valence-corrected chi connectivity index (χ4v) is 3.22. The SMILES string of the molecule is Fc1c(N2CCC3(CC2)OCCO3)ccc2cccnc12. The molecule has 1 aromatic heterocycles. The molecule has 0 aliphatic carbocycles. The molecule has 0 unspecified atom stereocenters. The summed E-state index contributed by atoms with van der Waals surface area (Å²) in [5.41, 5.74) is 1.05. The van der Waals surface area contributed by atoms with Crippen molar-refractivity contribution in [3.05, 3.63) is 36.3 Å². The lowest BCUT2D eigenvalue weighted by Crippen LogP contribution is -2.45. The van der Waals surface area contributed by atoms with Gasteiger partial charge in [0.25, 0.3) is 0 Å². The van der Waals surface area contributed by atoms with Crippen LogP contribution in [-0.2, 0) is 9.47 Å². The number of hydrogen-bond donors (Lipinski definition) is 0. The number of pyridine rings is 1. The summed E-state index contributed by atoms with van der Waals surface area (Å²) in [4.78, 5) is 6.21. The molecule has 2 aliphatic heterocycles. The van der Waals surface area contributed by atoms with Crippen molar-refractivity contribution in [3.63, 3.8) is 0 Å². The average molecular weight is 288 g/mol. The number of piperidine rings is 1. The molecule has 2 aromatic rings. The summed E-state index contributed by atoms with van der Waals surface area (Å²) in [5, 5.41) is 0.828. The Labute approximate surface area is 122 Å². The second-order valence-corrected chi connectivity index (χ2v) is 5.57. The number of anilines is 1. The normalized spacial score (nSPS) is 21.3. The quantitative estimate of drug-likeness (QED) is 0.808. The van der Waals surface area contributed by atoms with Crippen molar-refractivity contribution in [1.29, 1.82) is 0 Å². The van der Waals surface area contributed by atoms with Crippen molar-refractivity contribution in [2.24, 2.45) is 0 Å². The molecule has 0 atom stereocenters. The number of aromatic nitrogens is 1. The Kier molecular flexibility index (Phi) is 3.05. The van der Waals surface area contributed by atoms with Crippen LogP contribution in [0.5, 0.6) is 0 Å². The molecule has 2 fully saturated rings. The Bertz CT molecular complexity index is 660. The Balaban J connectivity index is 1.61. The van der Waals surface area contributed by atoms with Crippen molar-refractivity contribution < 1.29 is 13.9 Å². The number of nitrogens with zero attached hydrogens (tertiary/aromatic N) is 2. The topological polar surface area (TPSA) is 34.6 Å². The molecule has 0 bridgehead atoms. The van der Waals surface area contributed by atoms with Crippen LogP contribution in [0.4, 0.5) is 10.1 Å². The van der Waals surface area contributed by atoms with Crippen LogP contribution in [0.3, 0.4) is 0 Å². The summed E-state index contributed by atoms with van der Waals surface area (Å²) in [6.45, 7) is 2.78. The Morgan fingerprint density at radius 1 is 1.10 bits per heavy atom. The fraction of sp³-hybridized carbons (Fsp3) is 0.438. The molecule has 1 spiro atoms. The van der Waals surface area contributed by atoms with Crippen LogP contribution in [0.25, 0.3) is 10.9 Å². The standard InChI is InChI=1S/C16H17FN2O2/c17-14-13(4-3-12-2-1-7-18-15(12)14)19-8-5-16(6-9-19)20-10-11-21-16/h1-4,7H,5-6,8-11H2. The number of benzene rings is 1. The summed E-state index contributed by atoms with van der Waals surface area (Å²) >= 11 is 0. The van der Waals surface area contributed by atoms with Crippen molar-refractivity contribution in [2.45, 2.75) is 18.6 Å². The second kappa shape index (κ2) is 4.93. The molecule has 0 saturated carbocycles. The molecule has 0 radical (unpaired) electrons. The molecule has 2 aliphatic rings. The second-order valence-electron chi connectivity index (χ2n) is 5.57. The number of halogens is 1. The zero-order valence-electron chi connectivity index (χ0n) is 11.7. The maximum absolute atomic E-state index is 14.7. The van der Waals surface area contributed by atoms with E-state index in [-0.39, 0.29) is 5.82 Å². The largest absolute Gasteiger partial charge is 0.369 e. The van der Waals surface area contributed by atoms with E-state index in [2.05, 4.69) is 9.88 Å². The number of ether oxygens (including phenoxy) is 2. The highest BCUT2D eigenvalue weighted by atomic mass is 19.1. The molecule has 110 valence electrons. The third-order valence-corrected chi connectivity index (χ3v) is 4.37. The lowest BCUT2D eigenvalue weighted by atomic mass is 10.0. The summed E-state index contributed by atoms with van der Waals surface area (Å²) in [6.07, 6.45) is 3.17. The zero-order valence-corrected chi connectivity index (χ0v) is 11.7. The molecule has 21 heavy (non-hydrogen) atoms. The van der Waals surface area contributed by atoms with E-state index in [4.69, 9.17) is 9.47 Å².